The molecule has 3 aromatic rings. The molecule has 0 bridgehead atoms. The molecular formula is C22H19ClFNO3. The van der Waals surface area contributed by atoms with Crippen LogP contribution in [0.4, 0.5) is 10.1 Å². The molecule has 0 aromatic heterocycles. The molecule has 0 heterocycles. The second-order valence-corrected chi connectivity index (χ2v) is 6.43. The highest BCUT2D eigenvalue weighted by Crippen LogP contribution is 2.32. The molecule has 0 saturated carbocycles. The van der Waals surface area contributed by atoms with Crippen LogP contribution in [0.1, 0.15) is 13.3 Å². The van der Waals surface area contributed by atoms with Crippen LogP contribution in [0.3, 0.4) is 0 Å². The Hall–Kier alpha value is -3.05. The first-order valence-electron chi connectivity index (χ1n) is 8.81. The van der Waals surface area contributed by atoms with Crippen LogP contribution >= 0.6 is 11.6 Å². The van der Waals surface area contributed by atoms with Gasteiger partial charge in [0.05, 0.1) is 5.69 Å². The van der Waals surface area contributed by atoms with Gasteiger partial charge in [0.2, 0.25) is 0 Å². The first kappa shape index (κ1) is 19.7. The van der Waals surface area contributed by atoms with Gasteiger partial charge < -0.3 is 14.8 Å². The molecule has 28 heavy (non-hydrogen) atoms. The number of amides is 1. The van der Waals surface area contributed by atoms with Gasteiger partial charge in [0.1, 0.15) is 5.75 Å². The van der Waals surface area contributed by atoms with Gasteiger partial charge in [0.15, 0.2) is 23.4 Å². The maximum atomic E-state index is 13.8. The Morgan fingerprint density at radius 3 is 2.46 bits per heavy atom. The Labute approximate surface area is 167 Å². The minimum absolute atomic E-state index is 0.0244. The van der Waals surface area contributed by atoms with Crippen molar-refractivity contribution >= 4 is 23.2 Å². The van der Waals surface area contributed by atoms with Crippen molar-refractivity contribution in [2.45, 2.75) is 19.4 Å². The molecule has 0 fully saturated rings. The monoisotopic (exact) mass is 399 g/mol. The average Bonchev–Trinajstić information content (AvgIpc) is 2.70. The lowest BCUT2D eigenvalue weighted by molar-refractivity contribution is -0.122. The molecule has 0 radical (unpaired) electrons. The van der Waals surface area contributed by atoms with E-state index in [1.54, 1.807) is 49.4 Å². The molecule has 3 aromatic carbocycles. The van der Waals surface area contributed by atoms with Crippen LogP contribution in [0, 0.1) is 5.82 Å². The normalized spacial score (nSPS) is 11.5. The van der Waals surface area contributed by atoms with Crippen molar-refractivity contribution in [3.05, 3.63) is 83.6 Å². The summed E-state index contributed by atoms with van der Waals surface area (Å²) in [7, 11) is 0. The molecular weight excluding hydrogens is 381 g/mol. The van der Waals surface area contributed by atoms with E-state index in [4.69, 9.17) is 21.1 Å². The topological polar surface area (TPSA) is 47.6 Å². The number of carbonyl (C=O) groups is 1. The Morgan fingerprint density at radius 2 is 1.75 bits per heavy atom. The van der Waals surface area contributed by atoms with Crippen molar-refractivity contribution in [3.63, 3.8) is 0 Å². The van der Waals surface area contributed by atoms with Crippen molar-refractivity contribution in [1.29, 1.82) is 0 Å². The van der Waals surface area contributed by atoms with E-state index in [0.29, 0.717) is 28.6 Å². The predicted octanol–water partition coefficient (Wildman–Crippen LogP) is 6.07. The number of rotatable bonds is 7. The molecule has 3 rings (SSSR count). The number of halogens is 2. The fraction of sp³-hybridized carbons (Fsp3) is 0.136. The van der Waals surface area contributed by atoms with Crippen LogP contribution in [-0.4, -0.2) is 12.0 Å². The molecule has 1 atom stereocenters. The molecule has 0 unspecified atom stereocenters. The van der Waals surface area contributed by atoms with Crippen molar-refractivity contribution in [2.24, 2.45) is 0 Å². The number of anilines is 1. The maximum absolute atomic E-state index is 13.8. The lowest BCUT2D eigenvalue weighted by Crippen LogP contribution is -2.32. The highest BCUT2D eigenvalue weighted by molar-refractivity contribution is 6.31. The molecule has 6 heteroatoms. The fourth-order valence-electron chi connectivity index (χ4n) is 2.53. The second kappa shape index (κ2) is 9.24. The summed E-state index contributed by atoms with van der Waals surface area (Å²) in [6, 6.07) is 20.1. The number of hydrogen-bond acceptors (Lipinski definition) is 3. The van der Waals surface area contributed by atoms with Crippen LogP contribution in [0.5, 0.6) is 17.2 Å². The summed E-state index contributed by atoms with van der Waals surface area (Å²) in [5, 5.41) is 3.21. The van der Waals surface area contributed by atoms with Crippen molar-refractivity contribution in [1.82, 2.24) is 0 Å². The standard InChI is InChI=1S/C22H19ClFNO3/c1-2-19(28-20-11-7-6-10-17(20)24)22(26)25-18-14-15(23)12-13-21(18)27-16-8-4-3-5-9-16/h3-14,19H,2H2,1H3,(H,25,26)/t19-/m0/s1. The Kier molecular flexibility index (Phi) is 6.50. The van der Waals surface area contributed by atoms with E-state index in [-0.39, 0.29) is 5.75 Å². The summed E-state index contributed by atoms with van der Waals surface area (Å²) in [6.07, 6.45) is -0.518. The number of hydrogen-bond donors (Lipinski definition) is 1. The quantitative estimate of drug-likeness (QED) is 0.524. The smallest absolute Gasteiger partial charge is 0.265 e. The lowest BCUT2D eigenvalue weighted by atomic mass is 10.2. The van der Waals surface area contributed by atoms with E-state index in [1.165, 1.54) is 12.1 Å². The number of carbonyl (C=O) groups excluding carboxylic acids is 1. The van der Waals surface area contributed by atoms with Gasteiger partial charge in [-0.2, -0.15) is 0 Å². The maximum Gasteiger partial charge on any atom is 0.265 e. The molecule has 0 saturated heterocycles. The van der Waals surface area contributed by atoms with Crippen molar-refractivity contribution in [3.8, 4) is 17.2 Å². The first-order chi connectivity index (χ1) is 13.6. The van der Waals surface area contributed by atoms with Gasteiger partial charge in [0, 0.05) is 5.02 Å². The summed E-state index contributed by atoms with van der Waals surface area (Å²) in [5.41, 5.74) is 0.400. The number of ether oxygens (including phenoxy) is 2. The Balaban J connectivity index is 1.78. The Morgan fingerprint density at radius 1 is 1.04 bits per heavy atom. The zero-order chi connectivity index (χ0) is 19.9. The third-order valence-electron chi connectivity index (χ3n) is 3.94. The summed E-state index contributed by atoms with van der Waals surface area (Å²) >= 11 is 6.08. The van der Waals surface area contributed by atoms with Gasteiger partial charge in [-0.15, -0.1) is 0 Å². The van der Waals surface area contributed by atoms with E-state index >= 15 is 0 Å². The Bertz CT molecular complexity index is 950. The molecule has 4 nitrogen and oxygen atoms in total. The minimum atomic E-state index is -0.875. The van der Waals surface area contributed by atoms with Crippen LogP contribution < -0.4 is 14.8 Å². The van der Waals surface area contributed by atoms with Gasteiger partial charge in [-0.1, -0.05) is 48.9 Å². The van der Waals surface area contributed by atoms with Gasteiger partial charge in [-0.3, -0.25) is 4.79 Å². The number of para-hydroxylation sites is 2. The molecule has 0 aliphatic rings. The third kappa shape index (κ3) is 5.02. The summed E-state index contributed by atoms with van der Waals surface area (Å²) in [4.78, 5) is 12.7. The highest BCUT2D eigenvalue weighted by Gasteiger charge is 2.21. The zero-order valence-corrected chi connectivity index (χ0v) is 15.9. The predicted molar refractivity (Wildman–Crippen MR) is 108 cm³/mol. The van der Waals surface area contributed by atoms with Crippen molar-refractivity contribution < 1.29 is 18.7 Å². The van der Waals surface area contributed by atoms with E-state index < -0.39 is 17.8 Å². The molecule has 1 amide bonds. The highest BCUT2D eigenvalue weighted by atomic mass is 35.5. The SMILES string of the molecule is CC[C@H](Oc1ccccc1F)C(=O)Nc1cc(Cl)ccc1Oc1ccccc1. The molecule has 0 aliphatic carbocycles. The van der Waals surface area contributed by atoms with E-state index in [1.807, 2.05) is 18.2 Å². The van der Waals surface area contributed by atoms with Crippen LogP contribution in [-0.2, 0) is 4.79 Å². The van der Waals surface area contributed by atoms with Gasteiger partial charge in [0.25, 0.3) is 5.91 Å². The molecule has 0 spiro atoms. The number of nitrogens with one attached hydrogen (secondary N) is 1. The lowest BCUT2D eigenvalue weighted by Gasteiger charge is -2.19. The minimum Gasteiger partial charge on any atom is -0.478 e. The summed E-state index contributed by atoms with van der Waals surface area (Å²) in [5.74, 6) is 0.131. The zero-order valence-electron chi connectivity index (χ0n) is 15.2. The first-order valence-corrected chi connectivity index (χ1v) is 9.19. The number of benzene rings is 3. The van der Waals surface area contributed by atoms with Crippen LogP contribution in [0.25, 0.3) is 0 Å². The largest absolute Gasteiger partial charge is 0.478 e. The van der Waals surface area contributed by atoms with Crippen molar-refractivity contribution in [2.75, 3.05) is 5.32 Å². The molecule has 0 aliphatic heterocycles. The molecule has 1 N–H and O–H groups in total. The molecule has 144 valence electrons. The average molecular weight is 400 g/mol. The van der Waals surface area contributed by atoms with E-state index in [2.05, 4.69) is 5.32 Å². The third-order valence-corrected chi connectivity index (χ3v) is 4.17. The second-order valence-electron chi connectivity index (χ2n) is 5.99. The summed E-state index contributed by atoms with van der Waals surface area (Å²) in [6.45, 7) is 1.78. The van der Waals surface area contributed by atoms with Crippen LogP contribution in [0.2, 0.25) is 5.02 Å². The van der Waals surface area contributed by atoms with Crippen LogP contribution in [0.15, 0.2) is 72.8 Å². The van der Waals surface area contributed by atoms with E-state index in [9.17, 15) is 9.18 Å². The van der Waals surface area contributed by atoms with Gasteiger partial charge >= 0.3 is 0 Å². The van der Waals surface area contributed by atoms with Gasteiger partial charge in [-0.25, -0.2) is 4.39 Å². The van der Waals surface area contributed by atoms with E-state index in [0.717, 1.165) is 0 Å². The fourth-order valence-corrected chi connectivity index (χ4v) is 2.71. The van der Waals surface area contributed by atoms with Gasteiger partial charge in [-0.05, 0) is 48.9 Å². The summed E-state index contributed by atoms with van der Waals surface area (Å²) < 4.78 is 25.2.